The standard InChI is InChI=1S/C13H25N5O/c1-10(2)5-4-6-11(3)15-13(19)12-9-18(8-7-14)17-16-12/h9-11H,4-8,14H2,1-3H3,(H,15,19). The fraction of sp³-hybridized carbons (Fsp3) is 0.769. The van der Waals surface area contributed by atoms with Gasteiger partial charge in [-0.25, -0.2) is 0 Å². The smallest absolute Gasteiger partial charge is 0.273 e. The van der Waals surface area contributed by atoms with Crippen LogP contribution in [0.2, 0.25) is 0 Å². The molecule has 0 aliphatic carbocycles. The van der Waals surface area contributed by atoms with Crippen molar-refractivity contribution >= 4 is 5.91 Å². The van der Waals surface area contributed by atoms with Gasteiger partial charge in [-0.3, -0.25) is 9.48 Å². The van der Waals surface area contributed by atoms with E-state index in [9.17, 15) is 4.79 Å². The van der Waals surface area contributed by atoms with Gasteiger partial charge in [-0.15, -0.1) is 5.10 Å². The number of hydrogen-bond donors (Lipinski definition) is 2. The lowest BCUT2D eigenvalue weighted by Gasteiger charge is -2.13. The molecule has 0 spiro atoms. The van der Waals surface area contributed by atoms with Crippen molar-refractivity contribution in [2.75, 3.05) is 6.54 Å². The van der Waals surface area contributed by atoms with Crippen LogP contribution in [-0.2, 0) is 6.54 Å². The summed E-state index contributed by atoms with van der Waals surface area (Å²) >= 11 is 0. The van der Waals surface area contributed by atoms with E-state index in [2.05, 4.69) is 29.5 Å². The Balaban J connectivity index is 2.36. The largest absolute Gasteiger partial charge is 0.348 e. The zero-order valence-corrected chi connectivity index (χ0v) is 12.1. The first-order valence-corrected chi connectivity index (χ1v) is 6.94. The molecule has 0 saturated carbocycles. The number of aromatic nitrogens is 3. The van der Waals surface area contributed by atoms with Gasteiger partial charge in [-0.1, -0.05) is 31.9 Å². The first-order valence-electron chi connectivity index (χ1n) is 6.94. The highest BCUT2D eigenvalue weighted by Crippen LogP contribution is 2.08. The van der Waals surface area contributed by atoms with E-state index in [4.69, 9.17) is 5.73 Å². The van der Waals surface area contributed by atoms with E-state index in [-0.39, 0.29) is 11.9 Å². The van der Waals surface area contributed by atoms with Crippen molar-refractivity contribution in [1.82, 2.24) is 20.3 Å². The van der Waals surface area contributed by atoms with E-state index in [1.165, 1.54) is 6.42 Å². The molecule has 0 aliphatic rings. The fourth-order valence-corrected chi connectivity index (χ4v) is 1.85. The summed E-state index contributed by atoms with van der Waals surface area (Å²) in [5.74, 6) is 0.541. The highest BCUT2D eigenvalue weighted by atomic mass is 16.2. The second-order valence-electron chi connectivity index (χ2n) is 5.35. The number of carbonyl (C=O) groups is 1. The van der Waals surface area contributed by atoms with Crippen LogP contribution in [0.25, 0.3) is 0 Å². The molecule has 0 fully saturated rings. The molecule has 0 aromatic carbocycles. The van der Waals surface area contributed by atoms with Gasteiger partial charge in [0.15, 0.2) is 5.69 Å². The summed E-state index contributed by atoms with van der Waals surface area (Å²) in [6, 6.07) is 0.158. The number of nitrogens with one attached hydrogen (secondary N) is 1. The molecule has 1 unspecified atom stereocenters. The zero-order valence-electron chi connectivity index (χ0n) is 12.1. The Hall–Kier alpha value is -1.43. The van der Waals surface area contributed by atoms with Gasteiger partial charge in [0.25, 0.3) is 5.91 Å². The third kappa shape index (κ3) is 5.83. The van der Waals surface area contributed by atoms with E-state index < -0.39 is 0 Å². The average molecular weight is 267 g/mol. The van der Waals surface area contributed by atoms with Crippen LogP contribution in [0.1, 0.15) is 50.5 Å². The van der Waals surface area contributed by atoms with Crippen molar-refractivity contribution in [3.8, 4) is 0 Å². The van der Waals surface area contributed by atoms with Crippen molar-refractivity contribution in [1.29, 1.82) is 0 Å². The van der Waals surface area contributed by atoms with Crippen LogP contribution in [0.3, 0.4) is 0 Å². The molecule has 0 saturated heterocycles. The van der Waals surface area contributed by atoms with Crippen LogP contribution in [0, 0.1) is 5.92 Å². The van der Waals surface area contributed by atoms with Crippen molar-refractivity contribution in [2.24, 2.45) is 11.7 Å². The summed E-state index contributed by atoms with van der Waals surface area (Å²) < 4.78 is 1.58. The normalized spacial score (nSPS) is 12.7. The van der Waals surface area contributed by atoms with E-state index in [1.54, 1.807) is 10.9 Å². The average Bonchev–Trinajstić information content (AvgIpc) is 2.77. The van der Waals surface area contributed by atoms with Gasteiger partial charge in [0.2, 0.25) is 0 Å². The number of amides is 1. The molecule has 1 aromatic rings. The van der Waals surface area contributed by atoms with E-state index in [0.29, 0.717) is 24.7 Å². The Morgan fingerprint density at radius 3 is 2.79 bits per heavy atom. The SMILES string of the molecule is CC(C)CCCC(C)NC(=O)c1cn(CCN)nn1. The summed E-state index contributed by atoms with van der Waals surface area (Å²) in [6.45, 7) is 7.49. The number of nitrogens with two attached hydrogens (primary N) is 1. The zero-order chi connectivity index (χ0) is 14.3. The second-order valence-corrected chi connectivity index (χ2v) is 5.35. The van der Waals surface area contributed by atoms with Crippen LogP contribution >= 0.6 is 0 Å². The van der Waals surface area contributed by atoms with E-state index in [0.717, 1.165) is 12.8 Å². The quantitative estimate of drug-likeness (QED) is 0.740. The minimum absolute atomic E-state index is 0.158. The molecule has 3 N–H and O–H groups in total. The van der Waals surface area contributed by atoms with Gasteiger partial charge in [-0.2, -0.15) is 0 Å². The van der Waals surface area contributed by atoms with Crippen LogP contribution in [0.15, 0.2) is 6.20 Å². The lowest BCUT2D eigenvalue weighted by atomic mass is 10.0. The maximum atomic E-state index is 11.9. The first-order chi connectivity index (χ1) is 9.02. The maximum Gasteiger partial charge on any atom is 0.273 e. The number of hydrogen-bond acceptors (Lipinski definition) is 4. The van der Waals surface area contributed by atoms with Crippen LogP contribution < -0.4 is 11.1 Å². The molecule has 1 atom stereocenters. The Labute approximate surface area is 114 Å². The molecular weight excluding hydrogens is 242 g/mol. The molecule has 19 heavy (non-hydrogen) atoms. The molecule has 0 aliphatic heterocycles. The van der Waals surface area contributed by atoms with Gasteiger partial charge in [0, 0.05) is 12.6 Å². The minimum atomic E-state index is -0.166. The number of rotatable bonds is 8. The molecule has 1 rings (SSSR count). The highest BCUT2D eigenvalue weighted by Gasteiger charge is 2.13. The predicted molar refractivity (Wildman–Crippen MR) is 74.7 cm³/mol. The van der Waals surface area contributed by atoms with Crippen molar-refractivity contribution < 1.29 is 4.79 Å². The van der Waals surface area contributed by atoms with E-state index >= 15 is 0 Å². The molecule has 1 amide bonds. The van der Waals surface area contributed by atoms with Gasteiger partial charge in [0.05, 0.1) is 12.7 Å². The van der Waals surface area contributed by atoms with Gasteiger partial charge >= 0.3 is 0 Å². The number of carbonyl (C=O) groups excluding carboxylic acids is 1. The van der Waals surface area contributed by atoms with Crippen molar-refractivity contribution in [2.45, 2.75) is 52.6 Å². The van der Waals surface area contributed by atoms with Crippen LogP contribution in [-0.4, -0.2) is 33.5 Å². The maximum absolute atomic E-state index is 11.9. The van der Waals surface area contributed by atoms with Gasteiger partial charge < -0.3 is 11.1 Å². The third-order valence-corrected chi connectivity index (χ3v) is 2.93. The van der Waals surface area contributed by atoms with E-state index in [1.807, 2.05) is 6.92 Å². The monoisotopic (exact) mass is 267 g/mol. The summed E-state index contributed by atoms with van der Waals surface area (Å²) in [7, 11) is 0. The second kappa shape index (κ2) is 7.89. The summed E-state index contributed by atoms with van der Waals surface area (Å²) in [4.78, 5) is 11.9. The molecule has 6 nitrogen and oxygen atoms in total. The Morgan fingerprint density at radius 2 is 2.16 bits per heavy atom. The lowest BCUT2D eigenvalue weighted by molar-refractivity contribution is 0.0932. The van der Waals surface area contributed by atoms with Gasteiger partial charge in [-0.05, 0) is 19.3 Å². The Bertz CT molecular complexity index is 388. The van der Waals surface area contributed by atoms with Crippen molar-refractivity contribution in [3.63, 3.8) is 0 Å². The molecule has 0 radical (unpaired) electrons. The third-order valence-electron chi connectivity index (χ3n) is 2.93. The molecule has 1 heterocycles. The molecule has 1 aromatic heterocycles. The molecule has 108 valence electrons. The highest BCUT2D eigenvalue weighted by molar-refractivity contribution is 5.92. The first kappa shape index (κ1) is 15.6. The summed E-state index contributed by atoms with van der Waals surface area (Å²) in [5.41, 5.74) is 5.77. The van der Waals surface area contributed by atoms with Crippen LogP contribution in [0.4, 0.5) is 0 Å². The van der Waals surface area contributed by atoms with Crippen LogP contribution in [0.5, 0.6) is 0 Å². The van der Waals surface area contributed by atoms with Gasteiger partial charge in [0.1, 0.15) is 0 Å². The molecular formula is C13H25N5O. The lowest BCUT2D eigenvalue weighted by Crippen LogP contribution is -2.32. The molecule has 0 bridgehead atoms. The fourth-order valence-electron chi connectivity index (χ4n) is 1.85. The topological polar surface area (TPSA) is 85.8 Å². The minimum Gasteiger partial charge on any atom is -0.348 e. The summed E-state index contributed by atoms with van der Waals surface area (Å²) in [6.07, 6.45) is 4.93. The molecule has 6 heteroatoms. The Kier molecular flexibility index (Phi) is 6.49. The Morgan fingerprint density at radius 1 is 1.42 bits per heavy atom. The summed E-state index contributed by atoms with van der Waals surface area (Å²) in [5, 5.41) is 10.6. The predicted octanol–water partition coefficient (Wildman–Crippen LogP) is 1.18. The number of nitrogens with zero attached hydrogens (tertiary/aromatic N) is 3. The van der Waals surface area contributed by atoms with Crippen molar-refractivity contribution in [3.05, 3.63) is 11.9 Å².